The molecule has 1 aromatic carbocycles. The molecule has 1 aliphatic heterocycles. The summed E-state index contributed by atoms with van der Waals surface area (Å²) < 4.78 is 65.5. The van der Waals surface area contributed by atoms with E-state index in [-0.39, 0.29) is 25.0 Å². The lowest BCUT2D eigenvalue weighted by Gasteiger charge is -2.34. The van der Waals surface area contributed by atoms with Crippen LogP contribution in [0.4, 0.5) is 13.2 Å². The molecule has 0 aromatic heterocycles. The molecule has 0 saturated carbocycles. The summed E-state index contributed by atoms with van der Waals surface area (Å²) in [4.78, 5) is -0.687. The van der Waals surface area contributed by atoms with E-state index in [0.29, 0.717) is 6.42 Å². The van der Waals surface area contributed by atoms with Gasteiger partial charge in [0, 0.05) is 19.1 Å². The predicted octanol–water partition coefficient (Wildman–Crippen LogP) is 2.45. The van der Waals surface area contributed by atoms with Crippen LogP contribution in [0.2, 0.25) is 0 Å². The fourth-order valence-corrected chi connectivity index (χ4v) is 4.43. The minimum atomic E-state index is -4.71. The van der Waals surface area contributed by atoms with Crippen LogP contribution in [0.1, 0.15) is 25.3 Å². The van der Waals surface area contributed by atoms with Gasteiger partial charge in [-0.3, -0.25) is 0 Å². The van der Waals surface area contributed by atoms with Crippen molar-refractivity contribution in [1.82, 2.24) is 4.31 Å². The molecule has 0 spiro atoms. The molecule has 2 N–H and O–H groups in total. The lowest BCUT2D eigenvalue weighted by molar-refractivity contribution is -0.139. The summed E-state index contributed by atoms with van der Waals surface area (Å²) in [5.74, 6) is -0.0402. The second kappa shape index (κ2) is 6.17. The van der Waals surface area contributed by atoms with Crippen molar-refractivity contribution in [3.63, 3.8) is 0 Å². The molecule has 1 fully saturated rings. The number of piperidine rings is 1. The molecule has 0 aliphatic carbocycles. The molecule has 1 heterocycles. The third-order valence-electron chi connectivity index (χ3n) is 3.97. The SMILES string of the molecule is C[C@@H](N)[C@@H]1CCCN(S(=O)(=O)c2ccccc2C(F)(F)F)C1. The lowest BCUT2D eigenvalue weighted by Crippen LogP contribution is -2.45. The van der Waals surface area contributed by atoms with Crippen LogP contribution in [0.15, 0.2) is 29.2 Å². The third kappa shape index (κ3) is 3.44. The van der Waals surface area contributed by atoms with E-state index >= 15 is 0 Å². The van der Waals surface area contributed by atoms with Crippen LogP contribution in [-0.4, -0.2) is 31.9 Å². The molecule has 0 bridgehead atoms. The minimum absolute atomic E-state index is 0.0402. The van der Waals surface area contributed by atoms with Gasteiger partial charge in [0.1, 0.15) is 0 Å². The van der Waals surface area contributed by atoms with E-state index in [1.165, 1.54) is 12.1 Å². The van der Waals surface area contributed by atoms with Crippen molar-refractivity contribution in [1.29, 1.82) is 0 Å². The Labute approximate surface area is 128 Å². The Balaban J connectivity index is 2.39. The van der Waals surface area contributed by atoms with Gasteiger partial charge in [0.25, 0.3) is 0 Å². The first kappa shape index (κ1) is 17.2. The summed E-state index contributed by atoms with van der Waals surface area (Å²) >= 11 is 0. The highest BCUT2D eigenvalue weighted by atomic mass is 32.2. The average molecular weight is 336 g/mol. The quantitative estimate of drug-likeness (QED) is 0.922. The Morgan fingerprint density at radius 3 is 2.55 bits per heavy atom. The van der Waals surface area contributed by atoms with E-state index in [1.807, 2.05) is 0 Å². The zero-order chi connectivity index (χ0) is 16.5. The molecule has 1 aliphatic rings. The average Bonchev–Trinajstić information content (AvgIpc) is 2.46. The number of sulfonamides is 1. The topological polar surface area (TPSA) is 63.4 Å². The molecule has 124 valence electrons. The zero-order valence-corrected chi connectivity index (χ0v) is 13.0. The Morgan fingerprint density at radius 2 is 1.95 bits per heavy atom. The Bertz CT molecular complexity index is 629. The standard InChI is InChI=1S/C14H19F3N2O2S/c1-10(18)11-5-4-8-19(9-11)22(20,21)13-7-3-2-6-12(13)14(15,16)17/h2-3,6-7,10-11H,4-5,8-9,18H2,1H3/t10-,11-/m1/s1. The molecule has 1 saturated heterocycles. The van der Waals surface area contributed by atoms with Gasteiger partial charge in [-0.2, -0.15) is 17.5 Å². The molecule has 0 radical (unpaired) electrons. The highest BCUT2D eigenvalue weighted by Gasteiger charge is 2.40. The molecule has 0 amide bonds. The van der Waals surface area contributed by atoms with Crippen LogP contribution < -0.4 is 5.73 Å². The maximum Gasteiger partial charge on any atom is 0.417 e. The van der Waals surface area contributed by atoms with E-state index in [0.717, 1.165) is 22.9 Å². The van der Waals surface area contributed by atoms with Gasteiger partial charge in [-0.15, -0.1) is 0 Å². The van der Waals surface area contributed by atoms with E-state index in [9.17, 15) is 21.6 Å². The monoisotopic (exact) mass is 336 g/mol. The molecular weight excluding hydrogens is 317 g/mol. The summed E-state index contributed by atoms with van der Waals surface area (Å²) in [6.45, 7) is 2.16. The normalized spacial score (nSPS) is 22.5. The van der Waals surface area contributed by atoms with Gasteiger partial charge in [-0.05, 0) is 37.8 Å². The van der Waals surface area contributed by atoms with Crippen molar-refractivity contribution in [2.75, 3.05) is 13.1 Å². The summed E-state index contributed by atoms with van der Waals surface area (Å²) in [5.41, 5.74) is 4.68. The van der Waals surface area contributed by atoms with Crippen molar-refractivity contribution in [2.24, 2.45) is 11.7 Å². The van der Waals surface area contributed by atoms with Crippen LogP contribution in [0, 0.1) is 5.92 Å². The second-order valence-electron chi connectivity index (χ2n) is 5.62. The summed E-state index contributed by atoms with van der Waals surface area (Å²) in [7, 11) is -4.18. The molecule has 0 unspecified atom stereocenters. The summed E-state index contributed by atoms with van der Waals surface area (Å²) in [6.07, 6.45) is -3.33. The Kier molecular flexibility index (Phi) is 4.84. The van der Waals surface area contributed by atoms with Crippen LogP contribution in [-0.2, 0) is 16.2 Å². The minimum Gasteiger partial charge on any atom is -0.328 e. The summed E-state index contributed by atoms with van der Waals surface area (Å²) in [6, 6.07) is 4.08. The predicted molar refractivity (Wildman–Crippen MR) is 76.6 cm³/mol. The number of hydrogen-bond acceptors (Lipinski definition) is 3. The molecular formula is C14H19F3N2O2S. The fourth-order valence-electron chi connectivity index (χ4n) is 2.69. The first-order valence-corrected chi connectivity index (χ1v) is 8.50. The molecule has 1 aromatic rings. The van der Waals surface area contributed by atoms with Crippen molar-refractivity contribution in [3.8, 4) is 0 Å². The first-order chi connectivity index (χ1) is 10.1. The van der Waals surface area contributed by atoms with Crippen molar-refractivity contribution < 1.29 is 21.6 Å². The van der Waals surface area contributed by atoms with Crippen molar-refractivity contribution in [3.05, 3.63) is 29.8 Å². The number of nitrogens with zero attached hydrogens (tertiary/aromatic N) is 1. The van der Waals surface area contributed by atoms with Gasteiger partial charge < -0.3 is 5.73 Å². The van der Waals surface area contributed by atoms with Crippen LogP contribution in [0.5, 0.6) is 0 Å². The number of rotatable bonds is 3. The molecule has 2 atom stereocenters. The van der Waals surface area contributed by atoms with Crippen LogP contribution in [0.25, 0.3) is 0 Å². The van der Waals surface area contributed by atoms with E-state index in [4.69, 9.17) is 5.73 Å². The fraction of sp³-hybridized carbons (Fsp3) is 0.571. The van der Waals surface area contributed by atoms with Crippen molar-refractivity contribution >= 4 is 10.0 Å². The van der Waals surface area contributed by atoms with Gasteiger partial charge in [-0.1, -0.05) is 12.1 Å². The molecule has 2 rings (SSSR count). The van der Waals surface area contributed by atoms with E-state index in [1.54, 1.807) is 6.92 Å². The van der Waals surface area contributed by atoms with Crippen molar-refractivity contribution in [2.45, 2.75) is 36.9 Å². The molecule has 22 heavy (non-hydrogen) atoms. The first-order valence-electron chi connectivity index (χ1n) is 7.06. The third-order valence-corrected chi connectivity index (χ3v) is 5.90. The Hall–Kier alpha value is -1.12. The number of nitrogens with two attached hydrogens (primary N) is 1. The maximum atomic E-state index is 13.0. The molecule has 8 heteroatoms. The number of benzene rings is 1. The van der Waals surface area contributed by atoms with Crippen LogP contribution in [0.3, 0.4) is 0 Å². The van der Waals surface area contributed by atoms with Gasteiger partial charge in [0.05, 0.1) is 10.5 Å². The smallest absolute Gasteiger partial charge is 0.328 e. The van der Waals surface area contributed by atoms with E-state index < -0.39 is 26.7 Å². The number of hydrogen-bond donors (Lipinski definition) is 1. The Morgan fingerprint density at radius 1 is 1.32 bits per heavy atom. The largest absolute Gasteiger partial charge is 0.417 e. The second-order valence-corrected chi connectivity index (χ2v) is 7.52. The van der Waals surface area contributed by atoms with E-state index in [2.05, 4.69) is 0 Å². The van der Waals surface area contributed by atoms with Gasteiger partial charge in [-0.25, -0.2) is 8.42 Å². The lowest BCUT2D eigenvalue weighted by atomic mass is 9.93. The highest BCUT2D eigenvalue weighted by Crippen LogP contribution is 2.36. The number of alkyl halides is 3. The van der Waals surface area contributed by atoms with Gasteiger partial charge >= 0.3 is 6.18 Å². The maximum absolute atomic E-state index is 13.0. The molecule has 4 nitrogen and oxygen atoms in total. The zero-order valence-electron chi connectivity index (χ0n) is 12.2. The summed E-state index contributed by atoms with van der Waals surface area (Å²) in [5, 5.41) is 0. The highest BCUT2D eigenvalue weighted by molar-refractivity contribution is 7.89. The van der Waals surface area contributed by atoms with Gasteiger partial charge in [0.15, 0.2) is 0 Å². The number of halogens is 3. The van der Waals surface area contributed by atoms with Crippen LogP contribution >= 0.6 is 0 Å². The van der Waals surface area contributed by atoms with Gasteiger partial charge in [0.2, 0.25) is 10.0 Å².